The summed E-state index contributed by atoms with van der Waals surface area (Å²) in [7, 11) is -0.894. The van der Waals surface area contributed by atoms with Crippen LogP contribution in [0.3, 0.4) is 0 Å². The molecule has 3 aromatic rings. The van der Waals surface area contributed by atoms with Crippen molar-refractivity contribution < 1.29 is 14.1 Å². The summed E-state index contributed by atoms with van der Waals surface area (Å²) >= 11 is 6.36. The third kappa shape index (κ3) is 1.68. The second kappa shape index (κ2) is 4.35. The first-order valence-electron chi connectivity index (χ1n) is 6.18. The minimum absolute atomic E-state index is 0.378. The molecule has 2 heterocycles. The Labute approximate surface area is 120 Å². The summed E-state index contributed by atoms with van der Waals surface area (Å²) in [6, 6.07) is 9.38. The molecule has 0 unspecified atom stereocenters. The van der Waals surface area contributed by atoms with Crippen LogP contribution >= 0.6 is 11.6 Å². The maximum atomic E-state index is 9.82. The highest BCUT2D eigenvalue weighted by Crippen LogP contribution is 2.34. The summed E-state index contributed by atoms with van der Waals surface area (Å²) in [5.74, 6) is 0. The Morgan fingerprint density at radius 1 is 1.25 bits per heavy atom. The van der Waals surface area contributed by atoms with Gasteiger partial charge >= 0.3 is 7.12 Å². The van der Waals surface area contributed by atoms with E-state index in [1.54, 1.807) is 0 Å². The second-order valence-electron chi connectivity index (χ2n) is 4.70. The summed E-state index contributed by atoms with van der Waals surface area (Å²) in [5, 5.41) is 10.4. The second-order valence-corrected chi connectivity index (χ2v) is 5.11. The highest BCUT2D eigenvalue weighted by atomic mass is 35.5. The summed E-state index contributed by atoms with van der Waals surface area (Å²) in [4.78, 5) is 4.14. The first-order valence-corrected chi connectivity index (χ1v) is 6.56. The van der Waals surface area contributed by atoms with Gasteiger partial charge in [-0.1, -0.05) is 29.8 Å². The first-order chi connectivity index (χ1) is 9.74. The zero-order valence-electron chi connectivity index (χ0n) is 10.3. The molecule has 0 spiro atoms. The smallest absolute Gasteiger partial charge is 0.443 e. The summed E-state index contributed by atoms with van der Waals surface area (Å²) in [6.07, 6.45) is 1.41. The van der Waals surface area contributed by atoms with E-state index in [1.807, 2.05) is 30.3 Å². The molecule has 2 aromatic carbocycles. The monoisotopic (exact) mass is 285 g/mol. The van der Waals surface area contributed by atoms with Gasteiger partial charge in [-0.15, -0.1) is 0 Å². The molecule has 1 aliphatic rings. The molecule has 98 valence electrons. The number of hydrogen-bond acceptors (Lipinski definition) is 4. The van der Waals surface area contributed by atoms with E-state index in [0.717, 1.165) is 27.7 Å². The van der Waals surface area contributed by atoms with Gasteiger partial charge < -0.3 is 14.1 Å². The van der Waals surface area contributed by atoms with E-state index in [9.17, 15) is 5.02 Å². The van der Waals surface area contributed by atoms with Crippen molar-refractivity contribution in [1.29, 1.82) is 0 Å². The van der Waals surface area contributed by atoms with Gasteiger partial charge in [0.15, 0.2) is 12.0 Å². The molecule has 1 N–H and O–H groups in total. The zero-order valence-corrected chi connectivity index (χ0v) is 11.1. The van der Waals surface area contributed by atoms with Gasteiger partial charge in [-0.25, -0.2) is 4.98 Å². The Hall–Kier alpha value is -1.82. The van der Waals surface area contributed by atoms with Gasteiger partial charge in [0.1, 0.15) is 5.52 Å². The molecule has 0 saturated carbocycles. The highest BCUT2D eigenvalue weighted by molar-refractivity contribution is 6.61. The molecular formula is C14H9BClNO3. The molecular weight excluding hydrogens is 276 g/mol. The number of halogens is 1. The topological polar surface area (TPSA) is 55.5 Å². The van der Waals surface area contributed by atoms with E-state index in [1.165, 1.54) is 6.39 Å². The normalized spacial score (nSPS) is 14.0. The van der Waals surface area contributed by atoms with E-state index in [2.05, 4.69) is 4.98 Å². The average molecular weight is 285 g/mol. The molecule has 0 radical (unpaired) electrons. The van der Waals surface area contributed by atoms with Gasteiger partial charge in [0.25, 0.3) is 0 Å². The predicted molar refractivity (Wildman–Crippen MR) is 76.9 cm³/mol. The number of para-hydroxylation sites is 1. The quantitative estimate of drug-likeness (QED) is 0.697. The predicted octanol–water partition coefficient (Wildman–Crippen LogP) is 2.37. The number of oxazole rings is 1. The lowest BCUT2D eigenvalue weighted by Crippen LogP contribution is -2.28. The minimum Gasteiger partial charge on any atom is -0.443 e. The van der Waals surface area contributed by atoms with Crippen molar-refractivity contribution in [3.8, 4) is 11.1 Å². The molecule has 0 fully saturated rings. The Kier molecular flexibility index (Phi) is 2.60. The molecule has 1 aromatic heterocycles. The fourth-order valence-corrected chi connectivity index (χ4v) is 2.84. The van der Waals surface area contributed by atoms with Gasteiger partial charge in [-0.3, -0.25) is 0 Å². The maximum absolute atomic E-state index is 9.82. The summed E-state index contributed by atoms with van der Waals surface area (Å²) < 4.78 is 10.6. The van der Waals surface area contributed by atoms with Crippen LogP contribution < -0.4 is 5.46 Å². The van der Waals surface area contributed by atoms with E-state index in [-0.39, 0.29) is 0 Å². The van der Waals surface area contributed by atoms with Crippen molar-refractivity contribution in [2.75, 3.05) is 0 Å². The Bertz CT molecular complexity index is 817. The van der Waals surface area contributed by atoms with Crippen LogP contribution in [0.5, 0.6) is 0 Å². The molecule has 6 heteroatoms. The lowest BCUT2D eigenvalue weighted by atomic mass is 9.78. The molecule has 4 rings (SSSR count). The van der Waals surface area contributed by atoms with Gasteiger partial charge in [-0.2, -0.15) is 0 Å². The first kappa shape index (κ1) is 12.0. The van der Waals surface area contributed by atoms with E-state index < -0.39 is 7.12 Å². The van der Waals surface area contributed by atoms with Crippen molar-refractivity contribution >= 4 is 35.3 Å². The van der Waals surface area contributed by atoms with Crippen LogP contribution in [0.15, 0.2) is 41.1 Å². The standard InChI is InChI=1S/C14H9BClNO3/c16-12-4-8-6-20-15(18)11(8)5-10(12)9-2-1-3-13-14(9)19-7-17-13/h1-5,7,18H,6H2. The average Bonchev–Trinajstić information content (AvgIpc) is 3.05. The Morgan fingerprint density at radius 2 is 2.15 bits per heavy atom. The molecule has 0 amide bonds. The zero-order chi connectivity index (χ0) is 13.7. The Balaban J connectivity index is 1.99. The minimum atomic E-state index is -0.894. The third-order valence-electron chi connectivity index (χ3n) is 3.54. The molecule has 0 bridgehead atoms. The lowest BCUT2D eigenvalue weighted by molar-refractivity contribution is 0.275. The molecule has 0 atom stereocenters. The van der Waals surface area contributed by atoms with Gasteiger partial charge in [0, 0.05) is 16.1 Å². The van der Waals surface area contributed by atoms with Crippen molar-refractivity contribution in [2.24, 2.45) is 0 Å². The number of hydrogen-bond donors (Lipinski definition) is 1. The van der Waals surface area contributed by atoms with Crippen LogP contribution in [0, 0.1) is 0 Å². The van der Waals surface area contributed by atoms with Gasteiger partial charge in [0.05, 0.1) is 6.61 Å². The summed E-state index contributed by atoms with van der Waals surface area (Å²) in [6.45, 7) is 0.378. The molecule has 0 aliphatic carbocycles. The van der Waals surface area contributed by atoms with Crippen molar-refractivity contribution in [3.63, 3.8) is 0 Å². The lowest BCUT2D eigenvalue weighted by Gasteiger charge is -2.08. The fourth-order valence-electron chi connectivity index (χ4n) is 2.55. The van der Waals surface area contributed by atoms with E-state index in [0.29, 0.717) is 17.2 Å². The van der Waals surface area contributed by atoms with Gasteiger partial charge in [-0.05, 0) is 23.2 Å². The SMILES string of the molecule is OB1OCc2cc(Cl)c(-c3cccc4ncoc34)cc21. The van der Waals surface area contributed by atoms with Crippen LogP contribution in [0.1, 0.15) is 5.56 Å². The maximum Gasteiger partial charge on any atom is 0.491 e. The molecule has 0 saturated heterocycles. The summed E-state index contributed by atoms with van der Waals surface area (Å²) in [5.41, 5.74) is 4.78. The van der Waals surface area contributed by atoms with Crippen LogP contribution in [0.25, 0.3) is 22.2 Å². The number of rotatable bonds is 1. The van der Waals surface area contributed by atoms with E-state index >= 15 is 0 Å². The fraction of sp³-hybridized carbons (Fsp3) is 0.0714. The van der Waals surface area contributed by atoms with E-state index in [4.69, 9.17) is 20.7 Å². The third-order valence-corrected chi connectivity index (χ3v) is 3.85. The van der Waals surface area contributed by atoms with Crippen molar-refractivity contribution in [3.05, 3.63) is 47.3 Å². The molecule has 1 aliphatic heterocycles. The number of benzene rings is 2. The van der Waals surface area contributed by atoms with Crippen LogP contribution in [-0.4, -0.2) is 17.1 Å². The van der Waals surface area contributed by atoms with Crippen LogP contribution in [0.2, 0.25) is 5.02 Å². The van der Waals surface area contributed by atoms with Crippen molar-refractivity contribution in [2.45, 2.75) is 6.61 Å². The Morgan fingerprint density at radius 3 is 3.05 bits per heavy atom. The number of nitrogens with zero attached hydrogens (tertiary/aromatic N) is 1. The largest absolute Gasteiger partial charge is 0.491 e. The highest BCUT2D eigenvalue weighted by Gasteiger charge is 2.29. The molecule has 4 nitrogen and oxygen atoms in total. The number of fused-ring (bicyclic) bond motifs is 2. The van der Waals surface area contributed by atoms with Crippen molar-refractivity contribution in [1.82, 2.24) is 4.98 Å². The molecule has 20 heavy (non-hydrogen) atoms. The van der Waals surface area contributed by atoms with Gasteiger partial charge in [0.2, 0.25) is 0 Å². The number of aromatic nitrogens is 1. The van der Waals surface area contributed by atoms with Crippen LogP contribution in [-0.2, 0) is 11.3 Å². The van der Waals surface area contributed by atoms with Crippen LogP contribution in [0.4, 0.5) is 0 Å².